The molecule has 7 heteroatoms. The molecule has 7 nitrogen and oxygen atoms in total. The summed E-state index contributed by atoms with van der Waals surface area (Å²) in [4.78, 5) is 31.1. The highest BCUT2D eigenvalue weighted by molar-refractivity contribution is 5.92. The van der Waals surface area contributed by atoms with Crippen LogP contribution in [0.4, 0.5) is 5.69 Å². The molecule has 164 valence electrons. The molecule has 1 saturated carbocycles. The maximum absolute atomic E-state index is 12.4. The summed E-state index contributed by atoms with van der Waals surface area (Å²) in [6, 6.07) is 7.93. The Morgan fingerprint density at radius 3 is 2.53 bits per heavy atom. The van der Waals surface area contributed by atoms with E-state index in [0.717, 1.165) is 75.4 Å². The van der Waals surface area contributed by atoms with E-state index in [1.807, 2.05) is 24.3 Å². The van der Waals surface area contributed by atoms with E-state index in [9.17, 15) is 9.59 Å². The van der Waals surface area contributed by atoms with Gasteiger partial charge in [-0.05, 0) is 50.3 Å². The molecular formula is C23H34N4O3. The van der Waals surface area contributed by atoms with E-state index in [4.69, 9.17) is 9.73 Å². The number of piperidine rings is 1. The van der Waals surface area contributed by atoms with Gasteiger partial charge in [-0.2, -0.15) is 0 Å². The molecule has 0 bridgehead atoms. The molecule has 0 aromatic heterocycles. The van der Waals surface area contributed by atoms with Crippen LogP contribution >= 0.6 is 0 Å². The molecule has 0 spiro atoms. The first kappa shape index (κ1) is 22.1. The van der Waals surface area contributed by atoms with Crippen molar-refractivity contribution >= 4 is 23.5 Å². The summed E-state index contributed by atoms with van der Waals surface area (Å²) in [5.74, 6) is 1.01. The number of benzene rings is 1. The van der Waals surface area contributed by atoms with Crippen molar-refractivity contribution in [3.05, 3.63) is 29.8 Å². The van der Waals surface area contributed by atoms with Crippen LogP contribution in [0.3, 0.4) is 0 Å². The van der Waals surface area contributed by atoms with Crippen molar-refractivity contribution in [3.63, 3.8) is 0 Å². The quantitative estimate of drug-likeness (QED) is 0.424. The molecule has 2 fully saturated rings. The Morgan fingerprint density at radius 2 is 1.87 bits per heavy atom. The fourth-order valence-corrected chi connectivity index (χ4v) is 4.27. The van der Waals surface area contributed by atoms with Crippen LogP contribution in [0.25, 0.3) is 0 Å². The highest BCUT2D eigenvalue weighted by Crippen LogP contribution is 2.26. The van der Waals surface area contributed by atoms with Crippen molar-refractivity contribution in [1.29, 1.82) is 0 Å². The third kappa shape index (κ3) is 5.97. The molecule has 0 atom stereocenters. The Morgan fingerprint density at radius 1 is 1.13 bits per heavy atom. The van der Waals surface area contributed by atoms with Gasteiger partial charge in [-0.1, -0.05) is 25.0 Å². The lowest BCUT2D eigenvalue weighted by Crippen LogP contribution is -2.46. The summed E-state index contributed by atoms with van der Waals surface area (Å²) in [5, 5.41) is 6.42. The first-order valence-corrected chi connectivity index (χ1v) is 11.1. The number of nitrogens with one attached hydrogen (secondary N) is 2. The summed E-state index contributed by atoms with van der Waals surface area (Å²) < 4.78 is 4.88. The Bertz CT molecular complexity index is 751. The fraction of sp³-hybridized carbons (Fsp3) is 0.609. The molecular weight excluding hydrogens is 380 g/mol. The van der Waals surface area contributed by atoms with Crippen LogP contribution in [0.15, 0.2) is 29.3 Å². The highest BCUT2D eigenvalue weighted by Gasteiger charge is 2.27. The third-order valence-electron chi connectivity index (χ3n) is 6.00. The number of ether oxygens (including phenoxy) is 1. The van der Waals surface area contributed by atoms with Gasteiger partial charge in [0.15, 0.2) is 5.96 Å². The summed E-state index contributed by atoms with van der Waals surface area (Å²) in [6.45, 7) is 4.93. The Hall–Kier alpha value is -2.57. The number of hydrogen-bond acceptors (Lipinski definition) is 4. The summed E-state index contributed by atoms with van der Waals surface area (Å²) in [7, 11) is 1.45. The number of anilines is 1. The monoisotopic (exact) mass is 414 g/mol. The number of guanidine groups is 1. The number of hydrogen-bond donors (Lipinski definition) is 2. The van der Waals surface area contributed by atoms with Gasteiger partial charge in [0.1, 0.15) is 0 Å². The molecule has 0 radical (unpaired) electrons. The molecule has 2 aliphatic rings. The van der Waals surface area contributed by atoms with E-state index in [-0.39, 0.29) is 23.7 Å². The lowest BCUT2D eigenvalue weighted by atomic mass is 9.97. The average molecular weight is 415 g/mol. The molecule has 1 aromatic rings. The second-order valence-corrected chi connectivity index (χ2v) is 8.13. The molecule has 3 rings (SSSR count). The maximum atomic E-state index is 12.4. The number of aliphatic imine (C=N–C) groups is 1. The largest absolute Gasteiger partial charge is 0.469 e. The van der Waals surface area contributed by atoms with Gasteiger partial charge in [0, 0.05) is 31.2 Å². The Labute approximate surface area is 179 Å². The second kappa shape index (κ2) is 11.0. The number of carbonyl (C=O) groups is 2. The number of methoxy groups -OCH3 is 1. The topological polar surface area (TPSA) is 83.0 Å². The van der Waals surface area contributed by atoms with Crippen LogP contribution < -0.4 is 10.6 Å². The maximum Gasteiger partial charge on any atom is 0.308 e. The van der Waals surface area contributed by atoms with Crippen molar-refractivity contribution < 1.29 is 14.3 Å². The van der Waals surface area contributed by atoms with E-state index in [1.54, 1.807) is 0 Å². The minimum atomic E-state index is -0.118. The SMILES string of the molecule is CCNC(=NCc1cccc(NC(=O)C2CCCC2)c1)N1CCC(C(=O)OC)CC1. The lowest BCUT2D eigenvalue weighted by molar-refractivity contribution is -0.146. The van der Waals surface area contributed by atoms with Gasteiger partial charge in [0.05, 0.1) is 19.6 Å². The van der Waals surface area contributed by atoms with Gasteiger partial charge in [-0.25, -0.2) is 4.99 Å². The summed E-state index contributed by atoms with van der Waals surface area (Å²) in [5.41, 5.74) is 1.89. The van der Waals surface area contributed by atoms with Crippen LogP contribution in [0.5, 0.6) is 0 Å². The predicted octanol–water partition coefficient (Wildman–Crippen LogP) is 3.17. The van der Waals surface area contributed by atoms with Crippen molar-refractivity contribution in [2.45, 2.75) is 52.0 Å². The van der Waals surface area contributed by atoms with Gasteiger partial charge in [-0.3, -0.25) is 9.59 Å². The van der Waals surface area contributed by atoms with E-state index >= 15 is 0 Å². The van der Waals surface area contributed by atoms with E-state index in [0.29, 0.717) is 6.54 Å². The number of esters is 1. The zero-order chi connectivity index (χ0) is 21.3. The minimum absolute atomic E-state index is 0.0192. The molecule has 1 aromatic carbocycles. The van der Waals surface area contributed by atoms with Crippen molar-refractivity contribution in [2.75, 3.05) is 32.1 Å². The van der Waals surface area contributed by atoms with E-state index in [1.165, 1.54) is 7.11 Å². The first-order valence-electron chi connectivity index (χ1n) is 11.1. The fourth-order valence-electron chi connectivity index (χ4n) is 4.27. The summed E-state index contributed by atoms with van der Waals surface area (Å²) >= 11 is 0. The van der Waals surface area contributed by atoms with Gasteiger partial charge in [0.25, 0.3) is 0 Å². The van der Waals surface area contributed by atoms with Crippen molar-refractivity contribution in [2.24, 2.45) is 16.8 Å². The molecule has 1 aliphatic carbocycles. The zero-order valence-electron chi connectivity index (χ0n) is 18.2. The molecule has 1 amide bonds. The van der Waals surface area contributed by atoms with Crippen LogP contribution in [0.1, 0.15) is 51.0 Å². The number of rotatable bonds is 6. The molecule has 1 heterocycles. The normalized spacial score (nSPS) is 18.3. The smallest absolute Gasteiger partial charge is 0.308 e. The second-order valence-electron chi connectivity index (χ2n) is 8.13. The van der Waals surface area contributed by atoms with E-state index < -0.39 is 0 Å². The van der Waals surface area contributed by atoms with Crippen LogP contribution in [-0.4, -0.2) is 49.5 Å². The van der Waals surface area contributed by atoms with E-state index in [2.05, 4.69) is 22.5 Å². The molecule has 0 unspecified atom stereocenters. The van der Waals surface area contributed by atoms with Gasteiger partial charge >= 0.3 is 5.97 Å². The lowest BCUT2D eigenvalue weighted by Gasteiger charge is -2.33. The molecule has 1 saturated heterocycles. The average Bonchev–Trinajstić information content (AvgIpc) is 3.32. The van der Waals surface area contributed by atoms with Crippen molar-refractivity contribution in [3.8, 4) is 0 Å². The van der Waals surface area contributed by atoms with Crippen LogP contribution in [0, 0.1) is 11.8 Å². The van der Waals surface area contributed by atoms with Crippen LogP contribution in [-0.2, 0) is 20.9 Å². The highest BCUT2D eigenvalue weighted by atomic mass is 16.5. The third-order valence-corrected chi connectivity index (χ3v) is 6.00. The number of nitrogens with zero attached hydrogens (tertiary/aromatic N) is 2. The minimum Gasteiger partial charge on any atom is -0.469 e. The van der Waals surface area contributed by atoms with Gasteiger partial charge < -0.3 is 20.3 Å². The number of amides is 1. The Kier molecular flexibility index (Phi) is 8.11. The van der Waals surface area contributed by atoms with Gasteiger partial charge in [0.2, 0.25) is 5.91 Å². The standard InChI is InChI=1S/C23H34N4O3/c1-3-24-23(27-13-11-19(12-14-27)22(29)30-2)25-16-17-7-6-10-20(15-17)26-21(28)18-8-4-5-9-18/h6-7,10,15,18-19H,3-5,8-9,11-14,16H2,1-2H3,(H,24,25)(H,26,28). The Balaban J connectivity index is 1.59. The predicted molar refractivity (Wildman–Crippen MR) is 118 cm³/mol. The summed E-state index contributed by atoms with van der Waals surface area (Å²) in [6.07, 6.45) is 5.84. The zero-order valence-corrected chi connectivity index (χ0v) is 18.2. The molecule has 2 N–H and O–H groups in total. The number of likely N-dealkylation sites (tertiary alicyclic amines) is 1. The molecule has 30 heavy (non-hydrogen) atoms. The van der Waals surface area contributed by atoms with Crippen molar-refractivity contribution in [1.82, 2.24) is 10.2 Å². The molecule has 1 aliphatic heterocycles. The number of carbonyl (C=O) groups excluding carboxylic acids is 2. The first-order chi connectivity index (χ1) is 14.6. The van der Waals surface area contributed by atoms with Gasteiger partial charge in [-0.15, -0.1) is 0 Å². The van der Waals surface area contributed by atoms with Crippen LogP contribution in [0.2, 0.25) is 0 Å².